The van der Waals surface area contributed by atoms with Gasteiger partial charge in [-0.3, -0.25) is 4.99 Å². The highest BCUT2D eigenvalue weighted by atomic mass is 16.5. The van der Waals surface area contributed by atoms with Crippen LogP contribution in [0.25, 0.3) is 0 Å². The quantitative estimate of drug-likeness (QED) is 0.501. The molecule has 1 saturated heterocycles. The van der Waals surface area contributed by atoms with E-state index >= 15 is 0 Å². The minimum absolute atomic E-state index is 0.0627. The first kappa shape index (κ1) is 22.5. The third-order valence-corrected chi connectivity index (χ3v) is 5.05. The molecule has 1 fully saturated rings. The molecule has 2 rings (SSSR count). The second kappa shape index (κ2) is 11.9. The number of nitrogens with one attached hydrogen (secondary N) is 2. The van der Waals surface area contributed by atoms with Crippen LogP contribution in [0.2, 0.25) is 0 Å². The molecule has 1 aromatic rings. The van der Waals surface area contributed by atoms with Crippen LogP contribution in [-0.4, -0.2) is 81.3 Å². The highest BCUT2D eigenvalue weighted by Crippen LogP contribution is 2.17. The van der Waals surface area contributed by atoms with E-state index in [1.165, 1.54) is 13.1 Å². The molecule has 2 atom stereocenters. The molecule has 0 amide bonds. The number of likely N-dealkylation sites (N-methyl/N-ethyl adjacent to an activating group) is 1. The summed E-state index contributed by atoms with van der Waals surface area (Å²) in [6.07, 6.45) is 0.0627. The van der Waals surface area contributed by atoms with E-state index in [0.29, 0.717) is 12.5 Å². The van der Waals surface area contributed by atoms with Crippen LogP contribution in [0.15, 0.2) is 29.3 Å². The Kier molecular flexibility index (Phi) is 9.58. The Morgan fingerprint density at radius 3 is 2.54 bits per heavy atom. The van der Waals surface area contributed by atoms with Crippen LogP contribution in [0, 0.1) is 12.8 Å². The number of piperazine rings is 1. The van der Waals surface area contributed by atoms with Gasteiger partial charge in [-0.15, -0.1) is 0 Å². The van der Waals surface area contributed by atoms with Gasteiger partial charge in [0.05, 0.1) is 6.54 Å². The third kappa shape index (κ3) is 8.07. The Bertz CT molecular complexity index is 598. The van der Waals surface area contributed by atoms with Crippen LogP contribution in [0.5, 0.6) is 5.75 Å². The smallest absolute Gasteiger partial charge is 0.191 e. The van der Waals surface area contributed by atoms with E-state index in [0.717, 1.165) is 50.0 Å². The number of para-hydroxylation sites is 1. The molecule has 6 heteroatoms. The Hall–Kier alpha value is -1.79. The molecule has 1 aliphatic rings. The van der Waals surface area contributed by atoms with Gasteiger partial charge in [-0.05, 0) is 45.4 Å². The lowest BCUT2D eigenvalue weighted by atomic mass is 10.1. The molecular formula is C22H39N5O. The normalized spacial score (nSPS) is 18.5. The van der Waals surface area contributed by atoms with Crippen molar-refractivity contribution in [1.82, 2.24) is 20.4 Å². The van der Waals surface area contributed by atoms with Gasteiger partial charge in [0, 0.05) is 45.8 Å². The van der Waals surface area contributed by atoms with Crippen molar-refractivity contribution in [3.63, 3.8) is 0 Å². The fourth-order valence-electron chi connectivity index (χ4n) is 3.31. The van der Waals surface area contributed by atoms with Gasteiger partial charge in [0.1, 0.15) is 11.9 Å². The second-order valence-electron chi connectivity index (χ2n) is 8.00. The average Bonchev–Trinajstić information content (AvgIpc) is 2.67. The molecule has 0 bridgehead atoms. The van der Waals surface area contributed by atoms with E-state index in [2.05, 4.69) is 61.2 Å². The fraction of sp³-hybridized carbons (Fsp3) is 0.682. The van der Waals surface area contributed by atoms with Crippen molar-refractivity contribution in [1.29, 1.82) is 0 Å². The van der Waals surface area contributed by atoms with Gasteiger partial charge in [0.15, 0.2) is 5.96 Å². The van der Waals surface area contributed by atoms with Gasteiger partial charge in [-0.25, -0.2) is 0 Å². The van der Waals surface area contributed by atoms with E-state index in [9.17, 15) is 0 Å². The van der Waals surface area contributed by atoms with Gasteiger partial charge in [-0.2, -0.15) is 0 Å². The zero-order valence-electron chi connectivity index (χ0n) is 18.4. The van der Waals surface area contributed by atoms with Gasteiger partial charge in [0.25, 0.3) is 0 Å². The summed E-state index contributed by atoms with van der Waals surface area (Å²) in [5.41, 5.74) is 1.16. The Balaban J connectivity index is 1.76. The third-order valence-electron chi connectivity index (χ3n) is 5.05. The number of rotatable bonds is 9. The summed E-state index contributed by atoms with van der Waals surface area (Å²) in [5.74, 6) is 2.35. The largest absolute Gasteiger partial charge is 0.489 e. The van der Waals surface area contributed by atoms with Crippen LogP contribution < -0.4 is 15.4 Å². The summed E-state index contributed by atoms with van der Waals surface area (Å²) in [4.78, 5) is 9.74. The van der Waals surface area contributed by atoms with Crippen LogP contribution in [0.1, 0.15) is 26.3 Å². The predicted molar refractivity (Wildman–Crippen MR) is 118 cm³/mol. The van der Waals surface area contributed by atoms with Gasteiger partial charge < -0.3 is 25.2 Å². The molecule has 0 aromatic heterocycles. The molecule has 0 spiro atoms. The Morgan fingerprint density at radius 1 is 1.14 bits per heavy atom. The summed E-state index contributed by atoms with van der Waals surface area (Å²) < 4.78 is 6.05. The van der Waals surface area contributed by atoms with Crippen molar-refractivity contribution in [2.75, 3.05) is 59.4 Å². The fourth-order valence-corrected chi connectivity index (χ4v) is 3.31. The molecule has 1 aliphatic heterocycles. The molecule has 2 unspecified atom stereocenters. The number of ether oxygens (including phenoxy) is 1. The maximum Gasteiger partial charge on any atom is 0.191 e. The van der Waals surface area contributed by atoms with E-state index in [-0.39, 0.29) is 6.10 Å². The highest BCUT2D eigenvalue weighted by molar-refractivity contribution is 5.79. The number of nitrogens with zero attached hydrogens (tertiary/aromatic N) is 3. The number of hydrogen-bond donors (Lipinski definition) is 2. The first-order valence-electron chi connectivity index (χ1n) is 10.6. The first-order chi connectivity index (χ1) is 13.5. The summed E-state index contributed by atoms with van der Waals surface area (Å²) in [7, 11) is 2.20. The van der Waals surface area contributed by atoms with Crippen LogP contribution >= 0.6 is 0 Å². The molecule has 28 heavy (non-hydrogen) atoms. The van der Waals surface area contributed by atoms with E-state index in [1.807, 2.05) is 18.2 Å². The predicted octanol–water partition coefficient (Wildman–Crippen LogP) is 2.20. The van der Waals surface area contributed by atoms with Gasteiger partial charge in [-0.1, -0.05) is 25.1 Å². The van der Waals surface area contributed by atoms with Crippen molar-refractivity contribution in [3.8, 4) is 5.75 Å². The molecule has 158 valence electrons. The maximum absolute atomic E-state index is 6.05. The average molecular weight is 390 g/mol. The summed E-state index contributed by atoms with van der Waals surface area (Å²) >= 11 is 0. The minimum Gasteiger partial charge on any atom is -0.489 e. The Morgan fingerprint density at radius 2 is 1.86 bits per heavy atom. The van der Waals surface area contributed by atoms with E-state index in [1.54, 1.807) is 0 Å². The molecule has 1 aromatic carbocycles. The number of aliphatic imine (C=N–C) groups is 1. The summed E-state index contributed by atoms with van der Waals surface area (Å²) in [6.45, 7) is 16.7. The van der Waals surface area contributed by atoms with Crippen LogP contribution in [0.3, 0.4) is 0 Å². The lowest BCUT2D eigenvalue weighted by molar-refractivity contribution is 0.140. The number of hydrogen-bond acceptors (Lipinski definition) is 4. The molecule has 0 saturated carbocycles. The summed E-state index contributed by atoms with van der Waals surface area (Å²) in [5, 5.41) is 6.76. The molecule has 0 radical (unpaired) electrons. The van der Waals surface area contributed by atoms with E-state index < -0.39 is 0 Å². The monoisotopic (exact) mass is 389 g/mol. The molecule has 6 nitrogen and oxygen atoms in total. The zero-order chi connectivity index (χ0) is 20.4. The highest BCUT2D eigenvalue weighted by Gasteiger charge is 2.16. The molecular weight excluding hydrogens is 350 g/mol. The second-order valence-corrected chi connectivity index (χ2v) is 8.00. The SMILES string of the molecule is CCNC(=NCC(C)CN1CCN(C)CC1)NCC(C)Oc1ccccc1C. The topological polar surface area (TPSA) is 52.1 Å². The Labute approximate surface area is 171 Å². The van der Waals surface area contributed by atoms with Crippen molar-refractivity contribution in [3.05, 3.63) is 29.8 Å². The number of guanidine groups is 1. The molecule has 2 N–H and O–H groups in total. The van der Waals surface area contributed by atoms with E-state index in [4.69, 9.17) is 9.73 Å². The number of aryl methyl sites for hydroxylation is 1. The van der Waals surface area contributed by atoms with Crippen LogP contribution in [-0.2, 0) is 0 Å². The van der Waals surface area contributed by atoms with Crippen molar-refractivity contribution < 1.29 is 4.74 Å². The lowest BCUT2D eigenvalue weighted by Crippen LogP contribution is -2.46. The standard InChI is InChI=1S/C22H39N5O/c1-6-23-22(24-15-18(2)17-27-13-11-26(5)12-14-27)25-16-20(4)28-21-10-8-7-9-19(21)3/h7-10,18,20H,6,11-17H2,1-5H3,(H2,23,24,25). The molecule has 1 heterocycles. The summed E-state index contributed by atoms with van der Waals surface area (Å²) in [6, 6.07) is 8.13. The van der Waals surface area contributed by atoms with Crippen molar-refractivity contribution in [2.24, 2.45) is 10.9 Å². The zero-order valence-corrected chi connectivity index (χ0v) is 18.4. The molecule has 0 aliphatic carbocycles. The van der Waals surface area contributed by atoms with Gasteiger partial charge in [0.2, 0.25) is 0 Å². The van der Waals surface area contributed by atoms with Crippen molar-refractivity contribution in [2.45, 2.75) is 33.8 Å². The van der Waals surface area contributed by atoms with Crippen LogP contribution in [0.4, 0.5) is 0 Å². The first-order valence-corrected chi connectivity index (χ1v) is 10.6. The van der Waals surface area contributed by atoms with Gasteiger partial charge >= 0.3 is 0 Å². The van der Waals surface area contributed by atoms with Crippen molar-refractivity contribution >= 4 is 5.96 Å². The number of benzene rings is 1. The lowest BCUT2D eigenvalue weighted by Gasteiger charge is -2.33. The maximum atomic E-state index is 6.05. The minimum atomic E-state index is 0.0627.